The molecular formula is C8H9N5S2. The summed E-state index contributed by atoms with van der Waals surface area (Å²) in [6, 6.07) is 1.80. The summed E-state index contributed by atoms with van der Waals surface area (Å²) in [5, 5.41) is 0.661. The second-order valence-electron chi connectivity index (χ2n) is 2.74. The zero-order chi connectivity index (χ0) is 10.7. The van der Waals surface area contributed by atoms with Gasteiger partial charge in [-0.3, -0.25) is 0 Å². The van der Waals surface area contributed by atoms with E-state index in [1.807, 2.05) is 6.92 Å². The summed E-state index contributed by atoms with van der Waals surface area (Å²) in [5.41, 5.74) is 6.32. The van der Waals surface area contributed by atoms with Crippen LogP contribution in [0.4, 0.5) is 0 Å². The van der Waals surface area contributed by atoms with E-state index in [4.69, 9.17) is 5.73 Å². The Morgan fingerprint density at radius 1 is 1.47 bits per heavy atom. The predicted molar refractivity (Wildman–Crippen MR) is 58.7 cm³/mol. The summed E-state index contributed by atoms with van der Waals surface area (Å²) < 4.78 is 4.93. The highest BCUT2D eigenvalue weighted by Gasteiger charge is 2.05. The highest BCUT2D eigenvalue weighted by Crippen LogP contribution is 2.25. The van der Waals surface area contributed by atoms with Crippen LogP contribution in [0.25, 0.3) is 0 Å². The zero-order valence-electron chi connectivity index (χ0n) is 8.04. The molecule has 15 heavy (non-hydrogen) atoms. The van der Waals surface area contributed by atoms with Gasteiger partial charge in [0, 0.05) is 12.7 Å². The zero-order valence-corrected chi connectivity index (χ0v) is 9.68. The van der Waals surface area contributed by atoms with Crippen molar-refractivity contribution in [3.63, 3.8) is 0 Å². The van der Waals surface area contributed by atoms with Crippen molar-refractivity contribution in [1.29, 1.82) is 0 Å². The summed E-state index contributed by atoms with van der Waals surface area (Å²) in [7, 11) is 0. The second kappa shape index (κ2) is 4.65. The van der Waals surface area contributed by atoms with Crippen LogP contribution in [0.2, 0.25) is 0 Å². The van der Waals surface area contributed by atoms with Crippen LogP contribution in [0.5, 0.6) is 0 Å². The van der Waals surface area contributed by atoms with Crippen molar-refractivity contribution >= 4 is 23.3 Å². The standard InChI is InChI=1S/C8H9N5S2/c1-5-11-8(15-13-5)14-7-10-3-2-6(4-9)12-7/h2-3H,4,9H2,1H3. The number of hydrogen-bond donors (Lipinski definition) is 1. The lowest BCUT2D eigenvalue weighted by atomic mass is 10.4. The van der Waals surface area contributed by atoms with Crippen LogP contribution in [0.1, 0.15) is 11.5 Å². The molecule has 0 aromatic carbocycles. The van der Waals surface area contributed by atoms with Gasteiger partial charge in [-0.05, 0) is 36.3 Å². The largest absolute Gasteiger partial charge is 0.325 e. The van der Waals surface area contributed by atoms with Gasteiger partial charge in [0.05, 0.1) is 5.69 Å². The van der Waals surface area contributed by atoms with Crippen molar-refractivity contribution < 1.29 is 0 Å². The summed E-state index contributed by atoms with van der Waals surface area (Å²) in [5.74, 6) is 0.775. The fraction of sp³-hybridized carbons (Fsp3) is 0.250. The Bertz CT molecular complexity index is 456. The lowest BCUT2D eigenvalue weighted by molar-refractivity contribution is 0.873. The minimum atomic E-state index is 0.422. The Labute approximate surface area is 95.3 Å². The van der Waals surface area contributed by atoms with Crippen molar-refractivity contribution in [2.24, 2.45) is 5.73 Å². The van der Waals surface area contributed by atoms with Crippen LogP contribution in [0.15, 0.2) is 21.8 Å². The molecule has 7 heteroatoms. The van der Waals surface area contributed by atoms with E-state index >= 15 is 0 Å². The van der Waals surface area contributed by atoms with Gasteiger partial charge in [-0.1, -0.05) is 0 Å². The molecule has 2 rings (SSSR count). The minimum absolute atomic E-state index is 0.422. The van der Waals surface area contributed by atoms with Gasteiger partial charge < -0.3 is 5.73 Å². The molecule has 5 nitrogen and oxygen atoms in total. The van der Waals surface area contributed by atoms with Gasteiger partial charge in [-0.15, -0.1) is 0 Å². The smallest absolute Gasteiger partial charge is 0.195 e. The van der Waals surface area contributed by atoms with Crippen LogP contribution in [-0.4, -0.2) is 19.3 Å². The number of aromatic nitrogens is 4. The first-order valence-corrected chi connectivity index (χ1v) is 5.87. The Morgan fingerprint density at radius 3 is 3.00 bits per heavy atom. The minimum Gasteiger partial charge on any atom is -0.325 e. The highest BCUT2D eigenvalue weighted by atomic mass is 32.2. The lowest BCUT2D eigenvalue weighted by Gasteiger charge is -1.97. The van der Waals surface area contributed by atoms with Crippen molar-refractivity contribution in [2.75, 3.05) is 0 Å². The lowest BCUT2D eigenvalue weighted by Crippen LogP contribution is -2.00. The van der Waals surface area contributed by atoms with Gasteiger partial charge in [-0.2, -0.15) is 4.37 Å². The van der Waals surface area contributed by atoms with Crippen molar-refractivity contribution in [1.82, 2.24) is 19.3 Å². The van der Waals surface area contributed by atoms with Crippen LogP contribution >= 0.6 is 23.3 Å². The van der Waals surface area contributed by atoms with E-state index < -0.39 is 0 Å². The van der Waals surface area contributed by atoms with Crippen molar-refractivity contribution in [2.45, 2.75) is 23.0 Å². The average Bonchev–Trinajstić information content (AvgIpc) is 2.64. The quantitative estimate of drug-likeness (QED) is 0.812. The Balaban J connectivity index is 2.16. The van der Waals surface area contributed by atoms with Gasteiger partial charge >= 0.3 is 0 Å². The summed E-state index contributed by atoms with van der Waals surface area (Å²) in [6.45, 7) is 2.28. The maximum atomic E-state index is 5.49. The third-order valence-electron chi connectivity index (χ3n) is 1.59. The molecule has 2 aromatic heterocycles. The Hall–Kier alpha value is -1.05. The molecule has 0 radical (unpaired) electrons. The molecule has 0 bridgehead atoms. The number of nitrogens with two attached hydrogens (primary N) is 1. The van der Waals surface area contributed by atoms with Gasteiger partial charge in [0.15, 0.2) is 9.50 Å². The number of nitrogens with zero attached hydrogens (tertiary/aromatic N) is 4. The van der Waals surface area contributed by atoms with Gasteiger partial charge in [0.2, 0.25) is 0 Å². The van der Waals surface area contributed by atoms with E-state index in [-0.39, 0.29) is 0 Å². The monoisotopic (exact) mass is 239 g/mol. The number of aryl methyl sites for hydroxylation is 1. The third-order valence-corrected chi connectivity index (χ3v) is 3.31. The van der Waals surface area contributed by atoms with E-state index in [1.54, 1.807) is 12.3 Å². The van der Waals surface area contributed by atoms with Crippen molar-refractivity contribution in [3.05, 3.63) is 23.8 Å². The van der Waals surface area contributed by atoms with E-state index in [2.05, 4.69) is 19.3 Å². The molecule has 0 amide bonds. The molecule has 0 aliphatic heterocycles. The molecule has 0 fully saturated rings. The fourth-order valence-electron chi connectivity index (χ4n) is 0.936. The molecule has 2 aromatic rings. The molecule has 0 spiro atoms. The molecule has 2 N–H and O–H groups in total. The van der Waals surface area contributed by atoms with Gasteiger partial charge in [0.1, 0.15) is 5.82 Å². The van der Waals surface area contributed by atoms with Crippen LogP contribution in [-0.2, 0) is 6.54 Å². The maximum absolute atomic E-state index is 5.49. The van der Waals surface area contributed by atoms with Crippen LogP contribution in [0.3, 0.4) is 0 Å². The van der Waals surface area contributed by atoms with E-state index in [9.17, 15) is 0 Å². The first-order chi connectivity index (χ1) is 7.28. The van der Waals surface area contributed by atoms with E-state index in [1.165, 1.54) is 23.3 Å². The summed E-state index contributed by atoms with van der Waals surface area (Å²) >= 11 is 2.75. The number of rotatable bonds is 3. The summed E-state index contributed by atoms with van der Waals surface area (Å²) in [4.78, 5) is 12.6. The molecule has 78 valence electrons. The van der Waals surface area contributed by atoms with Crippen LogP contribution in [0, 0.1) is 6.92 Å². The molecule has 2 heterocycles. The van der Waals surface area contributed by atoms with Crippen molar-refractivity contribution in [3.8, 4) is 0 Å². The Kier molecular flexibility index (Phi) is 3.24. The third kappa shape index (κ3) is 2.71. The molecule has 0 saturated heterocycles. The molecular weight excluding hydrogens is 230 g/mol. The van der Waals surface area contributed by atoms with Crippen LogP contribution < -0.4 is 5.73 Å². The summed E-state index contributed by atoms with van der Waals surface area (Å²) in [6.07, 6.45) is 1.70. The second-order valence-corrected chi connectivity index (χ2v) is 4.71. The maximum Gasteiger partial charge on any atom is 0.195 e. The molecule has 0 unspecified atom stereocenters. The van der Waals surface area contributed by atoms with Gasteiger partial charge in [0.25, 0.3) is 0 Å². The van der Waals surface area contributed by atoms with Gasteiger partial charge in [-0.25, -0.2) is 15.0 Å². The first kappa shape index (κ1) is 10.5. The average molecular weight is 239 g/mol. The highest BCUT2D eigenvalue weighted by molar-refractivity contribution is 8.00. The first-order valence-electron chi connectivity index (χ1n) is 4.28. The Morgan fingerprint density at radius 2 is 2.33 bits per heavy atom. The van der Waals surface area contributed by atoms with E-state index in [0.717, 1.165) is 15.9 Å². The molecule has 0 aliphatic rings. The SMILES string of the molecule is Cc1nsc(Sc2nccc(CN)n2)n1. The molecule has 0 aliphatic carbocycles. The molecule has 0 atom stereocenters. The normalized spacial score (nSPS) is 10.5. The number of hydrogen-bond acceptors (Lipinski definition) is 7. The predicted octanol–water partition coefficient (Wildman–Crippen LogP) is 1.25. The topological polar surface area (TPSA) is 77.6 Å². The van der Waals surface area contributed by atoms with E-state index in [0.29, 0.717) is 11.7 Å². The fourth-order valence-corrected chi connectivity index (χ4v) is 2.46. The molecule has 0 saturated carbocycles.